The van der Waals surface area contributed by atoms with Crippen LogP contribution in [0.15, 0.2) is 48.5 Å². The highest BCUT2D eigenvalue weighted by atomic mass is 16.5. The van der Waals surface area contributed by atoms with Crippen molar-refractivity contribution in [3.8, 4) is 5.75 Å². The van der Waals surface area contributed by atoms with Gasteiger partial charge in [-0.05, 0) is 55.5 Å². The van der Waals surface area contributed by atoms with Crippen molar-refractivity contribution in [2.75, 3.05) is 18.2 Å². The van der Waals surface area contributed by atoms with Crippen LogP contribution in [-0.4, -0.2) is 12.1 Å². The van der Waals surface area contributed by atoms with E-state index in [0.29, 0.717) is 0 Å². The number of hydrogen-bond acceptors (Lipinski definition) is 4. The lowest BCUT2D eigenvalue weighted by Gasteiger charge is -2.12. The Hall–Kier alpha value is -2.75. The molecule has 3 aromatic rings. The van der Waals surface area contributed by atoms with Gasteiger partial charge in [-0.25, -0.2) is 0 Å². The van der Waals surface area contributed by atoms with Gasteiger partial charge in [0.05, 0.1) is 12.6 Å². The van der Waals surface area contributed by atoms with Gasteiger partial charge >= 0.3 is 0 Å². The van der Waals surface area contributed by atoms with Gasteiger partial charge in [0.15, 0.2) is 0 Å². The fraction of sp³-hybridized carbons (Fsp3) is 0.118. The van der Waals surface area contributed by atoms with Crippen LogP contribution in [0.25, 0.3) is 10.9 Å². The van der Waals surface area contributed by atoms with Crippen LogP contribution in [0.5, 0.6) is 5.75 Å². The molecule has 0 spiro atoms. The molecule has 0 unspecified atom stereocenters. The Morgan fingerprint density at radius 2 is 1.81 bits per heavy atom. The maximum atomic E-state index is 5.72. The van der Waals surface area contributed by atoms with Gasteiger partial charge in [0, 0.05) is 28.1 Å². The van der Waals surface area contributed by atoms with E-state index >= 15 is 0 Å². The van der Waals surface area contributed by atoms with E-state index in [9.17, 15) is 0 Å². The highest BCUT2D eigenvalue weighted by Crippen LogP contribution is 2.29. The first kappa shape index (κ1) is 13.2. The number of aryl methyl sites for hydroxylation is 1. The van der Waals surface area contributed by atoms with E-state index in [0.717, 1.165) is 39.4 Å². The van der Waals surface area contributed by atoms with Crippen molar-refractivity contribution < 1.29 is 4.74 Å². The molecule has 0 aliphatic rings. The minimum atomic E-state index is 0.748. The maximum absolute atomic E-state index is 5.72. The highest BCUT2D eigenvalue weighted by molar-refractivity contribution is 5.94. The molecule has 1 aromatic heterocycles. The number of hydrogen-bond donors (Lipinski definition) is 2. The van der Waals surface area contributed by atoms with Gasteiger partial charge in [-0.2, -0.15) is 0 Å². The van der Waals surface area contributed by atoms with E-state index in [1.165, 1.54) is 0 Å². The molecule has 1 heterocycles. The summed E-state index contributed by atoms with van der Waals surface area (Å²) < 4.78 is 5.30. The first-order valence-corrected chi connectivity index (χ1v) is 6.74. The molecule has 3 rings (SSSR count). The second kappa shape index (κ2) is 5.32. The van der Waals surface area contributed by atoms with Gasteiger partial charge in [-0.15, -0.1) is 0 Å². The van der Waals surface area contributed by atoms with Crippen molar-refractivity contribution in [1.29, 1.82) is 0 Å². The minimum absolute atomic E-state index is 0.748. The largest absolute Gasteiger partial charge is 0.497 e. The summed E-state index contributed by atoms with van der Waals surface area (Å²) in [4.78, 5) is 4.55. The summed E-state index contributed by atoms with van der Waals surface area (Å²) in [7, 11) is 1.66. The molecule has 0 radical (unpaired) electrons. The number of nitrogens with zero attached hydrogens (tertiary/aromatic N) is 1. The Morgan fingerprint density at radius 1 is 1.05 bits per heavy atom. The summed E-state index contributed by atoms with van der Waals surface area (Å²) in [5, 5.41) is 4.44. The van der Waals surface area contributed by atoms with E-state index in [-0.39, 0.29) is 0 Å². The number of aromatic nitrogens is 1. The molecule has 2 aromatic carbocycles. The molecular formula is C17H17N3O. The van der Waals surface area contributed by atoms with Crippen molar-refractivity contribution in [1.82, 2.24) is 4.98 Å². The lowest BCUT2D eigenvalue weighted by Crippen LogP contribution is -1.95. The number of nitrogens with one attached hydrogen (secondary N) is 1. The predicted molar refractivity (Wildman–Crippen MR) is 87.2 cm³/mol. The molecule has 4 nitrogen and oxygen atoms in total. The van der Waals surface area contributed by atoms with E-state index in [4.69, 9.17) is 10.5 Å². The summed E-state index contributed by atoms with van der Waals surface area (Å²) in [6.45, 7) is 1.98. The van der Waals surface area contributed by atoms with E-state index in [1.807, 2.05) is 55.5 Å². The summed E-state index contributed by atoms with van der Waals surface area (Å²) >= 11 is 0. The topological polar surface area (TPSA) is 60.2 Å². The Labute approximate surface area is 123 Å². The minimum Gasteiger partial charge on any atom is -0.497 e. The van der Waals surface area contributed by atoms with Crippen LogP contribution in [0, 0.1) is 6.92 Å². The first-order valence-electron chi connectivity index (χ1n) is 6.74. The smallest absolute Gasteiger partial charge is 0.119 e. The number of fused-ring (bicyclic) bond motifs is 1. The lowest BCUT2D eigenvalue weighted by atomic mass is 10.1. The first-order chi connectivity index (χ1) is 10.2. The fourth-order valence-corrected chi connectivity index (χ4v) is 2.29. The Kier molecular flexibility index (Phi) is 3.36. The van der Waals surface area contributed by atoms with Gasteiger partial charge in [0.2, 0.25) is 0 Å². The third kappa shape index (κ3) is 2.74. The molecule has 0 saturated carbocycles. The van der Waals surface area contributed by atoms with Crippen LogP contribution >= 0.6 is 0 Å². The number of anilines is 3. The van der Waals surface area contributed by atoms with Crippen LogP contribution in [0.1, 0.15) is 5.69 Å². The van der Waals surface area contributed by atoms with Crippen molar-refractivity contribution in [2.45, 2.75) is 6.92 Å². The number of nitrogen functional groups attached to an aromatic ring is 1. The van der Waals surface area contributed by atoms with E-state index in [1.54, 1.807) is 7.11 Å². The third-order valence-electron chi connectivity index (χ3n) is 3.33. The van der Waals surface area contributed by atoms with Crippen molar-refractivity contribution in [3.63, 3.8) is 0 Å². The number of nitrogens with two attached hydrogens (primary N) is 1. The Bertz CT molecular complexity index is 782. The number of benzene rings is 2. The molecule has 0 aliphatic carbocycles. The standard InChI is InChI=1S/C17H17N3O/c1-11-9-17(20-13-5-3-12(18)4-6-13)15-10-14(21-2)7-8-16(15)19-11/h3-10H,18H2,1-2H3,(H,19,20). The van der Waals surface area contributed by atoms with Crippen molar-refractivity contribution >= 4 is 28.0 Å². The number of methoxy groups -OCH3 is 1. The number of pyridine rings is 1. The number of ether oxygens (including phenoxy) is 1. The zero-order chi connectivity index (χ0) is 14.8. The second-order valence-corrected chi connectivity index (χ2v) is 4.94. The van der Waals surface area contributed by atoms with Crippen LogP contribution in [0.4, 0.5) is 17.1 Å². The monoisotopic (exact) mass is 279 g/mol. The average molecular weight is 279 g/mol. The SMILES string of the molecule is COc1ccc2nc(C)cc(Nc3ccc(N)cc3)c2c1. The molecule has 0 fully saturated rings. The maximum Gasteiger partial charge on any atom is 0.119 e. The van der Waals surface area contributed by atoms with Gasteiger partial charge in [0.1, 0.15) is 5.75 Å². The summed E-state index contributed by atoms with van der Waals surface area (Å²) in [6.07, 6.45) is 0. The summed E-state index contributed by atoms with van der Waals surface area (Å²) in [6, 6.07) is 15.6. The number of rotatable bonds is 3. The zero-order valence-electron chi connectivity index (χ0n) is 12.1. The van der Waals surface area contributed by atoms with Gasteiger partial charge < -0.3 is 15.8 Å². The zero-order valence-corrected chi connectivity index (χ0v) is 12.1. The van der Waals surface area contributed by atoms with Crippen LogP contribution < -0.4 is 15.8 Å². The second-order valence-electron chi connectivity index (χ2n) is 4.94. The molecule has 21 heavy (non-hydrogen) atoms. The van der Waals surface area contributed by atoms with Crippen LogP contribution in [-0.2, 0) is 0 Å². The Balaban J connectivity index is 2.09. The highest BCUT2D eigenvalue weighted by Gasteiger charge is 2.06. The molecule has 106 valence electrons. The summed E-state index contributed by atoms with van der Waals surface area (Å²) in [5.41, 5.74) is 10.4. The molecule has 3 N–H and O–H groups in total. The van der Waals surface area contributed by atoms with E-state index < -0.39 is 0 Å². The predicted octanol–water partition coefficient (Wildman–Crippen LogP) is 3.88. The van der Waals surface area contributed by atoms with Gasteiger partial charge in [0.25, 0.3) is 0 Å². The average Bonchev–Trinajstić information content (AvgIpc) is 2.49. The van der Waals surface area contributed by atoms with Gasteiger partial charge in [-0.3, -0.25) is 4.98 Å². The van der Waals surface area contributed by atoms with Crippen molar-refractivity contribution in [2.24, 2.45) is 0 Å². The van der Waals surface area contributed by atoms with Crippen LogP contribution in [0.3, 0.4) is 0 Å². The molecule has 0 atom stereocenters. The molecule has 0 amide bonds. The molecular weight excluding hydrogens is 262 g/mol. The summed E-state index contributed by atoms with van der Waals surface area (Å²) in [5.74, 6) is 0.813. The fourth-order valence-electron chi connectivity index (χ4n) is 2.29. The molecule has 0 saturated heterocycles. The molecule has 0 aliphatic heterocycles. The Morgan fingerprint density at radius 3 is 2.52 bits per heavy atom. The van der Waals surface area contributed by atoms with E-state index in [2.05, 4.69) is 10.3 Å². The molecule has 0 bridgehead atoms. The lowest BCUT2D eigenvalue weighted by molar-refractivity contribution is 0.415. The van der Waals surface area contributed by atoms with Crippen molar-refractivity contribution in [3.05, 3.63) is 54.2 Å². The van der Waals surface area contributed by atoms with Gasteiger partial charge in [-0.1, -0.05) is 0 Å². The third-order valence-corrected chi connectivity index (χ3v) is 3.33. The normalized spacial score (nSPS) is 10.6. The molecule has 4 heteroatoms. The van der Waals surface area contributed by atoms with Crippen LogP contribution in [0.2, 0.25) is 0 Å². The quantitative estimate of drug-likeness (QED) is 0.714.